The van der Waals surface area contributed by atoms with Crippen molar-refractivity contribution in [3.63, 3.8) is 0 Å². The summed E-state index contributed by atoms with van der Waals surface area (Å²) in [5, 5.41) is 4.47. The van der Waals surface area contributed by atoms with E-state index in [1.807, 2.05) is 39.9 Å². The van der Waals surface area contributed by atoms with Gasteiger partial charge in [-0.2, -0.15) is 0 Å². The van der Waals surface area contributed by atoms with E-state index < -0.39 is 0 Å². The van der Waals surface area contributed by atoms with E-state index in [4.69, 9.17) is 16.3 Å². The standard InChI is InChI=1S/C22H22ClN3O3S/c23-16-4-3-5-17(12-16)24-21(27)15-30-20-13-26(19-7-2-1-6-18(19)20)14-22(28)25-8-10-29-11-9-25/h1-7,12-13H,8-11,14-15H2,(H,24,27). The number of morpholine rings is 1. The van der Waals surface area contributed by atoms with E-state index in [1.54, 1.807) is 24.3 Å². The van der Waals surface area contributed by atoms with Gasteiger partial charge in [-0.3, -0.25) is 9.59 Å². The smallest absolute Gasteiger partial charge is 0.242 e. The van der Waals surface area contributed by atoms with E-state index in [0.717, 1.165) is 15.8 Å². The molecule has 8 heteroatoms. The molecule has 2 aromatic carbocycles. The van der Waals surface area contributed by atoms with Gasteiger partial charge in [-0.25, -0.2) is 0 Å². The van der Waals surface area contributed by atoms with Crippen molar-refractivity contribution in [2.45, 2.75) is 11.4 Å². The lowest BCUT2D eigenvalue weighted by molar-refractivity contribution is -0.135. The average Bonchev–Trinajstić information content (AvgIpc) is 3.10. The molecule has 1 saturated heterocycles. The number of fused-ring (bicyclic) bond motifs is 1. The summed E-state index contributed by atoms with van der Waals surface area (Å²) in [6.45, 7) is 2.70. The number of nitrogens with one attached hydrogen (secondary N) is 1. The van der Waals surface area contributed by atoms with Gasteiger partial charge < -0.3 is 19.5 Å². The van der Waals surface area contributed by atoms with Crippen LogP contribution in [0.2, 0.25) is 5.02 Å². The molecule has 1 aromatic heterocycles. The van der Waals surface area contributed by atoms with Crippen molar-refractivity contribution in [1.29, 1.82) is 0 Å². The summed E-state index contributed by atoms with van der Waals surface area (Å²) in [6, 6.07) is 15.0. The lowest BCUT2D eigenvalue weighted by Gasteiger charge is -2.27. The third kappa shape index (κ3) is 4.98. The number of halogens is 1. The summed E-state index contributed by atoms with van der Waals surface area (Å²) in [6.07, 6.45) is 1.96. The number of para-hydroxylation sites is 1. The molecule has 2 amide bonds. The molecular formula is C22H22ClN3O3S. The Labute approximate surface area is 184 Å². The van der Waals surface area contributed by atoms with Gasteiger partial charge in [-0.1, -0.05) is 35.9 Å². The van der Waals surface area contributed by atoms with Crippen LogP contribution in [0.4, 0.5) is 5.69 Å². The topological polar surface area (TPSA) is 63.6 Å². The molecule has 1 aliphatic heterocycles. The summed E-state index contributed by atoms with van der Waals surface area (Å²) in [7, 11) is 0. The lowest BCUT2D eigenvalue weighted by atomic mass is 10.2. The van der Waals surface area contributed by atoms with E-state index in [1.165, 1.54) is 11.8 Å². The summed E-state index contributed by atoms with van der Waals surface area (Å²) in [4.78, 5) is 27.9. The number of hydrogen-bond acceptors (Lipinski definition) is 4. The van der Waals surface area contributed by atoms with Crippen molar-refractivity contribution in [3.8, 4) is 0 Å². The van der Waals surface area contributed by atoms with E-state index in [-0.39, 0.29) is 24.1 Å². The van der Waals surface area contributed by atoms with Crippen molar-refractivity contribution in [1.82, 2.24) is 9.47 Å². The Hall–Kier alpha value is -2.48. The second kappa shape index (κ2) is 9.55. The van der Waals surface area contributed by atoms with E-state index in [2.05, 4.69) is 5.32 Å². The fourth-order valence-corrected chi connectivity index (χ4v) is 4.50. The van der Waals surface area contributed by atoms with E-state index >= 15 is 0 Å². The minimum absolute atomic E-state index is 0.0781. The van der Waals surface area contributed by atoms with Gasteiger partial charge in [-0.05, 0) is 24.3 Å². The number of ether oxygens (including phenoxy) is 1. The highest BCUT2D eigenvalue weighted by atomic mass is 35.5. The molecular weight excluding hydrogens is 422 g/mol. The number of carbonyl (C=O) groups is 2. The van der Waals surface area contributed by atoms with Gasteiger partial charge in [0.05, 0.1) is 19.0 Å². The number of nitrogens with zero attached hydrogens (tertiary/aromatic N) is 2. The third-order valence-electron chi connectivity index (χ3n) is 4.89. The van der Waals surface area contributed by atoms with Gasteiger partial charge >= 0.3 is 0 Å². The van der Waals surface area contributed by atoms with Crippen LogP contribution in [0.3, 0.4) is 0 Å². The average molecular weight is 444 g/mol. The first-order valence-electron chi connectivity index (χ1n) is 9.72. The lowest BCUT2D eigenvalue weighted by Crippen LogP contribution is -2.42. The molecule has 1 aliphatic rings. The number of thioether (sulfide) groups is 1. The third-order valence-corrected chi connectivity index (χ3v) is 6.17. The largest absolute Gasteiger partial charge is 0.378 e. The van der Waals surface area contributed by atoms with Gasteiger partial charge in [0.15, 0.2) is 0 Å². The van der Waals surface area contributed by atoms with Crippen LogP contribution in [0, 0.1) is 0 Å². The number of anilines is 1. The molecule has 6 nitrogen and oxygen atoms in total. The SMILES string of the molecule is O=C(CSc1cn(CC(=O)N2CCOCC2)c2ccccc12)Nc1cccc(Cl)c1. The first-order chi connectivity index (χ1) is 14.6. The zero-order valence-corrected chi connectivity index (χ0v) is 17.9. The molecule has 0 bridgehead atoms. The Morgan fingerprint density at radius 1 is 1.10 bits per heavy atom. The van der Waals surface area contributed by atoms with Crippen LogP contribution in [0.25, 0.3) is 10.9 Å². The maximum Gasteiger partial charge on any atom is 0.242 e. The van der Waals surface area contributed by atoms with Crippen molar-refractivity contribution in [2.75, 3.05) is 37.4 Å². The Morgan fingerprint density at radius 3 is 2.70 bits per heavy atom. The number of benzene rings is 2. The monoisotopic (exact) mass is 443 g/mol. The minimum Gasteiger partial charge on any atom is -0.378 e. The van der Waals surface area contributed by atoms with E-state index in [0.29, 0.717) is 37.0 Å². The van der Waals surface area contributed by atoms with Gasteiger partial charge in [0.25, 0.3) is 0 Å². The maximum absolute atomic E-state index is 12.7. The van der Waals surface area contributed by atoms with Crippen LogP contribution < -0.4 is 5.32 Å². The molecule has 3 aromatic rings. The van der Waals surface area contributed by atoms with Crippen molar-refractivity contribution in [3.05, 3.63) is 59.8 Å². The van der Waals surface area contributed by atoms with Gasteiger partial charge in [0, 0.05) is 45.8 Å². The van der Waals surface area contributed by atoms with Crippen LogP contribution >= 0.6 is 23.4 Å². The zero-order valence-electron chi connectivity index (χ0n) is 16.3. The van der Waals surface area contributed by atoms with Crippen LogP contribution in [0.5, 0.6) is 0 Å². The summed E-state index contributed by atoms with van der Waals surface area (Å²) < 4.78 is 7.29. The predicted octanol–water partition coefficient (Wildman–Crippen LogP) is 3.88. The van der Waals surface area contributed by atoms with Crippen LogP contribution in [0.1, 0.15) is 0 Å². The van der Waals surface area contributed by atoms with Gasteiger partial charge in [-0.15, -0.1) is 11.8 Å². The fourth-order valence-electron chi connectivity index (χ4n) is 3.42. The molecule has 1 fully saturated rings. The maximum atomic E-state index is 12.7. The van der Waals surface area contributed by atoms with Crippen molar-refractivity contribution in [2.24, 2.45) is 0 Å². The minimum atomic E-state index is -0.108. The summed E-state index contributed by atoms with van der Waals surface area (Å²) in [5.74, 6) is 0.232. The van der Waals surface area contributed by atoms with Crippen molar-refractivity contribution < 1.29 is 14.3 Å². The second-order valence-electron chi connectivity index (χ2n) is 6.98. The number of carbonyl (C=O) groups excluding carboxylic acids is 2. The highest BCUT2D eigenvalue weighted by molar-refractivity contribution is 8.00. The highest BCUT2D eigenvalue weighted by Crippen LogP contribution is 2.30. The predicted molar refractivity (Wildman–Crippen MR) is 120 cm³/mol. The number of rotatable bonds is 6. The van der Waals surface area contributed by atoms with Gasteiger partial charge in [0.1, 0.15) is 6.54 Å². The van der Waals surface area contributed by atoms with Crippen LogP contribution in [-0.2, 0) is 20.9 Å². The highest BCUT2D eigenvalue weighted by Gasteiger charge is 2.19. The number of amides is 2. The normalized spacial score (nSPS) is 14.1. The van der Waals surface area contributed by atoms with Crippen molar-refractivity contribution >= 4 is 51.8 Å². The molecule has 2 heterocycles. The quantitative estimate of drug-likeness (QED) is 0.587. The molecule has 4 rings (SSSR count). The Bertz CT molecular complexity index is 1060. The molecule has 1 N–H and O–H groups in total. The molecule has 0 atom stereocenters. The summed E-state index contributed by atoms with van der Waals surface area (Å²) >= 11 is 7.42. The summed E-state index contributed by atoms with van der Waals surface area (Å²) in [5.41, 5.74) is 1.66. The molecule has 30 heavy (non-hydrogen) atoms. The fraction of sp³-hybridized carbons (Fsp3) is 0.273. The molecule has 0 radical (unpaired) electrons. The molecule has 0 unspecified atom stereocenters. The Balaban J connectivity index is 1.45. The Kier molecular flexibility index (Phi) is 6.62. The van der Waals surface area contributed by atoms with Crippen LogP contribution in [0.15, 0.2) is 59.6 Å². The van der Waals surface area contributed by atoms with Gasteiger partial charge in [0.2, 0.25) is 11.8 Å². The van der Waals surface area contributed by atoms with Crippen LogP contribution in [-0.4, -0.2) is 53.3 Å². The first kappa shape index (κ1) is 20.8. The zero-order chi connectivity index (χ0) is 20.9. The second-order valence-corrected chi connectivity index (χ2v) is 8.43. The number of aromatic nitrogens is 1. The number of hydrogen-bond donors (Lipinski definition) is 1. The van der Waals surface area contributed by atoms with E-state index in [9.17, 15) is 9.59 Å². The molecule has 156 valence electrons. The Morgan fingerprint density at radius 2 is 1.90 bits per heavy atom. The molecule has 0 aliphatic carbocycles. The first-order valence-corrected chi connectivity index (χ1v) is 11.1. The molecule has 0 saturated carbocycles. The molecule has 0 spiro atoms.